The van der Waals surface area contributed by atoms with Gasteiger partial charge in [0, 0.05) is 12.5 Å². The second-order valence-corrected chi connectivity index (χ2v) is 5.28. The Balaban J connectivity index is 1.85. The standard InChI is InChI=1S/C15H19NO4/c17-14(11-2-1-6-19-9-11)10-3-4-13-12(8-10)15(18)16-5-7-20-13/h3-4,8,11,14,17H,1-2,5-7,9H2,(H,16,18). The average molecular weight is 277 g/mol. The summed E-state index contributed by atoms with van der Waals surface area (Å²) in [6, 6.07) is 5.33. The minimum atomic E-state index is -0.600. The minimum Gasteiger partial charge on any atom is -0.491 e. The first kappa shape index (κ1) is 13.4. The fraction of sp³-hybridized carbons (Fsp3) is 0.533. The highest BCUT2D eigenvalue weighted by Gasteiger charge is 2.25. The summed E-state index contributed by atoms with van der Waals surface area (Å²) in [5.41, 5.74) is 1.25. The van der Waals surface area contributed by atoms with Crippen molar-refractivity contribution in [3.05, 3.63) is 29.3 Å². The van der Waals surface area contributed by atoms with Crippen molar-refractivity contribution in [2.24, 2.45) is 5.92 Å². The fourth-order valence-corrected chi connectivity index (χ4v) is 2.74. The van der Waals surface area contributed by atoms with Crippen LogP contribution in [0.15, 0.2) is 18.2 Å². The number of hydrogen-bond donors (Lipinski definition) is 2. The Bertz CT molecular complexity index is 497. The van der Waals surface area contributed by atoms with Crippen LogP contribution >= 0.6 is 0 Å². The van der Waals surface area contributed by atoms with Crippen molar-refractivity contribution in [2.75, 3.05) is 26.4 Å². The molecule has 1 aromatic carbocycles. The number of fused-ring (bicyclic) bond motifs is 1. The lowest BCUT2D eigenvalue weighted by atomic mass is 9.90. The zero-order chi connectivity index (χ0) is 13.9. The van der Waals surface area contributed by atoms with Crippen LogP contribution in [0.1, 0.15) is 34.9 Å². The zero-order valence-corrected chi connectivity index (χ0v) is 11.3. The number of aliphatic hydroxyl groups excluding tert-OH is 1. The van der Waals surface area contributed by atoms with E-state index in [2.05, 4.69) is 5.32 Å². The van der Waals surface area contributed by atoms with Crippen LogP contribution in [0.3, 0.4) is 0 Å². The molecular weight excluding hydrogens is 258 g/mol. The van der Waals surface area contributed by atoms with Gasteiger partial charge in [-0.25, -0.2) is 0 Å². The Morgan fingerprint density at radius 1 is 1.35 bits per heavy atom. The van der Waals surface area contributed by atoms with Crippen molar-refractivity contribution in [2.45, 2.75) is 18.9 Å². The highest BCUT2D eigenvalue weighted by molar-refractivity contribution is 5.97. The van der Waals surface area contributed by atoms with Crippen LogP contribution in [-0.4, -0.2) is 37.4 Å². The second kappa shape index (κ2) is 5.81. The van der Waals surface area contributed by atoms with Gasteiger partial charge in [-0.3, -0.25) is 4.79 Å². The maximum absolute atomic E-state index is 12.0. The summed E-state index contributed by atoms with van der Waals surface area (Å²) in [5, 5.41) is 13.2. The molecule has 1 aromatic rings. The predicted molar refractivity (Wildman–Crippen MR) is 72.8 cm³/mol. The van der Waals surface area contributed by atoms with Crippen LogP contribution in [-0.2, 0) is 4.74 Å². The number of benzene rings is 1. The summed E-state index contributed by atoms with van der Waals surface area (Å²) in [6.07, 6.45) is 1.31. The molecule has 20 heavy (non-hydrogen) atoms. The van der Waals surface area contributed by atoms with Gasteiger partial charge >= 0.3 is 0 Å². The number of rotatable bonds is 2. The zero-order valence-electron chi connectivity index (χ0n) is 11.3. The van der Waals surface area contributed by atoms with E-state index in [-0.39, 0.29) is 11.8 Å². The Kier molecular flexibility index (Phi) is 3.89. The van der Waals surface area contributed by atoms with Gasteiger partial charge in [0.2, 0.25) is 0 Å². The molecule has 2 N–H and O–H groups in total. The molecule has 0 saturated carbocycles. The summed E-state index contributed by atoms with van der Waals surface area (Å²) >= 11 is 0. The maximum atomic E-state index is 12.0. The molecule has 2 aliphatic heterocycles. The molecule has 1 fully saturated rings. The topological polar surface area (TPSA) is 67.8 Å². The molecule has 0 spiro atoms. The quantitative estimate of drug-likeness (QED) is 0.854. The van der Waals surface area contributed by atoms with E-state index in [1.165, 1.54) is 0 Å². The Morgan fingerprint density at radius 2 is 2.25 bits per heavy atom. The van der Waals surface area contributed by atoms with Crippen LogP contribution in [0, 0.1) is 5.92 Å². The molecule has 0 radical (unpaired) electrons. The number of hydrogen-bond acceptors (Lipinski definition) is 4. The van der Waals surface area contributed by atoms with Gasteiger partial charge in [-0.2, -0.15) is 0 Å². The van der Waals surface area contributed by atoms with Crippen molar-refractivity contribution in [3.8, 4) is 5.75 Å². The van der Waals surface area contributed by atoms with Gasteiger partial charge in [-0.15, -0.1) is 0 Å². The van der Waals surface area contributed by atoms with E-state index in [0.29, 0.717) is 31.1 Å². The predicted octanol–water partition coefficient (Wildman–Crippen LogP) is 1.27. The lowest BCUT2D eigenvalue weighted by molar-refractivity contribution is -0.00998. The van der Waals surface area contributed by atoms with Gasteiger partial charge in [-0.1, -0.05) is 6.07 Å². The minimum absolute atomic E-state index is 0.0940. The highest BCUT2D eigenvalue weighted by Crippen LogP contribution is 2.31. The molecule has 2 aliphatic rings. The van der Waals surface area contributed by atoms with Crippen molar-refractivity contribution < 1.29 is 19.4 Å². The third-order valence-corrected chi connectivity index (χ3v) is 3.88. The monoisotopic (exact) mass is 277 g/mol. The van der Waals surface area contributed by atoms with E-state index in [1.807, 2.05) is 6.07 Å². The summed E-state index contributed by atoms with van der Waals surface area (Å²) in [4.78, 5) is 12.0. The first-order chi connectivity index (χ1) is 9.75. The van der Waals surface area contributed by atoms with Gasteiger partial charge in [0.15, 0.2) is 0 Å². The van der Waals surface area contributed by atoms with E-state index < -0.39 is 6.10 Å². The van der Waals surface area contributed by atoms with E-state index in [4.69, 9.17) is 9.47 Å². The van der Waals surface area contributed by atoms with Gasteiger partial charge in [-0.05, 0) is 30.5 Å². The van der Waals surface area contributed by atoms with Gasteiger partial charge in [0.05, 0.1) is 24.8 Å². The van der Waals surface area contributed by atoms with E-state index in [9.17, 15) is 9.90 Å². The molecule has 2 unspecified atom stereocenters. The van der Waals surface area contributed by atoms with E-state index >= 15 is 0 Å². The molecule has 108 valence electrons. The summed E-state index contributed by atoms with van der Waals surface area (Å²) in [6.45, 7) is 2.31. The number of carbonyl (C=O) groups excluding carboxylic acids is 1. The molecule has 0 aromatic heterocycles. The molecule has 3 rings (SSSR count). The highest BCUT2D eigenvalue weighted by atomic mass is 16.5. The van der Waals surface area contributed by atoms with Crippen LogP contribution < -0.4 is 10.1 Å². The number of carbonyl (C=O) groups is 1. The van der Waals surface area contributed by atoms with Gasteiger partial charge in [0.25, 0.3) is 5.91 Å². The number of nitrogens with one attached hydrogen (secondary N) is 1. The smallest absolute Gasteiger partial charge is 0.255 e. The summed E-state index contributed by atoms with van der Waals surface area (Å²) in [7, 11) is 0. The second-order valence-electron chi connectivity index (χ2n) is 5.28. The Morgan fingerprint density at radius 3 is 3.05 bits per heavy atom. The summed E-state index contributed by atoms with van der Waals surface area (Å²) in [5.74, 6) is 0.527. The molecule has 0 bridgehead atoms. The van der Waals surface area contributed by atoms with Crippen molar-refractivity contribution in [1.82, 2.24) is 5.32 Å². The lowest BCUT2D eigenvalue weighted by Crippen LogP contribution is -2.25. The third kappa shape index (κ3) is 2.64. The average Bonchev–Trinajstić information content (AvgIpc) is 2.69. The van der Waals surface area contributed by atoms with Crippen LogP contribution in [0.2, 0.25) is 0 Å². The number of aliphatic hydroxyl groups is 1. The third-order valence-electron chi connectivity index (χ3n) is 3.88. The molecule has 1 saturated heterocycles. The Hall–Kier alpha value is -1.59. The maximum Gasteiger partial charge on any atom is 0.255 e. The molecule has 1 amide bonds. The fourth-order valence-electron chi connectivity index (χ4n) is 2.74. The summed E-state index contributed by atoms with van der Waals surface area (Å²) < 4.78 is 10.9. The van der Waals surface area contributed by atoms with Crippen LogP contribution in [0.5, 0.6) is 5.75 Å². The van der Waals surface area contributed by atoms with Gasteiger partial charge < -0.3 is 19.9 Å². The van der Waals surface area contributed by atoms with Crippen molar-refractivity contribution in [3.63, 3.8) is 0 Å². The molecule has 5 nitrogen and oxygen atoms in total. The molecule has 5 heteroatoms. The van der Waals surface area contributed by atoms with Gasteiger partial charge in [0.1, 0.15) is 12.4 Å². The first-order valence-electron chi connectivity index (χ1n) is 7.06. The number of amides is 1. The van der Waals surface area contributed by atoms with E-state index in [1.54, 1.807) is 12.1 Å². The lowest BCUT2D eigenvalue weighted by Gasteiger charge is -2.27. The largest absolute Gasteiger partial charge is 0.491 e. The molecule has 2 heterocycles. The molecular formula is C15H19NO4. The SMILES string of the molecule is O=C1NCCOc2ccc(C(O)C3CCCOC3)cc21. The van der Waals surface area contributed by atoms with E-state index in [0.717, 1.165) is 25.0 Å². The van der Waals surface area contributed by atoms with Crippen LogP contribution in [0.4, 0.5) is 0 Å². The Labute approximate surface area is 117 Å². The van der Waals surface area contributed by atoms with Crippen molar-refractivity contribution >= 4 is 5.91 Å². The van der Waals surface area contributed by atoms with Crippen molar-refractivity contribution in [1.29, 1.82) is 0 Å². The molecule has 0 aliphatic carbocycles. The number of ether oxygens (including phenoxy) is 2. The normalized spacial score (nSPS) is 24.1. The molecule has 2 atom stereocenters. The first-order valence-corrected chi connectivity index (χ1v) is 7.06. The van der Waals surface area contributed by atoms with Crippen LogP contribution in [0.25, 0.3) is 0 Å².